The molecule has 0 bridgehead atoms. The molecule has 1 atom stereocenters. The zero-order valence-corrected chi connectivity index (χ0v) is 10.1. The maximum Gasteiger partial charge on any atom is 0.128 e. The number of likely N-dealkylation sites (N-methyl/N-ethyl adjacent to an activating group) is 1. The number of anilines is 1. The lowest BCUT2D eigenvalue weighted by Gasteiger charge is -2.25. The van der Waals surface area contributed by atoms with Crippen LogP contribution in [0.25, 0.3) is 0 Å². The molecule has 0 aromatic carbocycles. The highest BCUT2D eigenvalue weighted by Gasteiger charge is 2.10. The average molecular weight is 207 g/mol. The van der Waals surface area contributed by atoms with Gasteiger partial charge in [-0.2, -0.15) is 0 Å². The maximum atomic E-state index is 5.64. The van der Waals surface area contributed by atoms with Gasteiger partial charge in [0.25, 0.3) is 0 Å². The Morgan fingerprint density at radius 3 is 2.60 bits per heavy atom. The van der Waals surface area contributed by atoms with Gasteiger partial charge in [-0.05, 0) is 30.5 Å². The van der Waals surface area contributed by atoms with Crippen molar-refractivity contribution in [2.24, 2.45) is 5.73 Å². The molecule has 15 heavy (non-hydrogen) atoms. The first-order chi connectivity index (χ1) is 7.06. The van der Waals surface area contributed by atoms with Crippen LogP contribution in [-0.2, 0) is 0 Å². The topological polar surface area (TPSA) is 42.2 Å². The second kappa shape index (κ2) is 5.12. The van der Waals surface area contributed by atoms with Crippen LogP contribution in [0.3, 0.4) is 0 Å². The van der Waals surface area contributed by atoms with Crippen LogP contribution >= 0.6 is 0 Å². The molecule has 3 nitrogen and oxygen atoms in total. The third-order valence-electron chi connectivity index (χ3n) is 2.80. The zero-order chi connectivity index (χ0) is 11.4. The van der Waals surface area contributed by atoms with Gasteiger partial charge in [-0.25, -0.2) is 4.98 Å². The number of nitrogens with zero attached hydrogens (tertiary/aromatic N) is 2. The van der Waals surface area contributed by atoms with E-state index in [1.54, 1.807) is 0 Å². The number of hydrogen-bond acceptors (Lipinski definition) is 3. The number of aromatic nitrogens is 1. The van der Waals surface area contributed by atoms with Crippen LogP contribution in [0.15, 0.2) is 18.3 Å². The van der Waals surface area contributed by atoms with Crippen molar-refractivity contribution in [2.45, 2.75) is 32.7 Å². The minimum atomic E-state index is 0.319. The molecule has 0 saturated carbocycles. The van der Waals surface area contributed by atoms with E-state index >= 15 is 0 Å². The van der Waals surface area contributed by atoms with Crippen LogP contribution in [-0.4, -0.2) is 24.6 Å². The minimum absolute atomic E-state index is 0.319. The normalized spacial score (nSPS) is 12.9. The lowest BCUT2D eigenvalue weighted by atomic mass is 10.0. The van der Waals surface area contributed by atoms with E-state index < -0.39 is 0 Å². The van der Waals surface area contributed by atoms with Gasteiger partial charge in [0.1, 0.15) is 5.82 Å². The Morgan fingerprint density at radius 1 is 1.40 bits per heavy atom. The van der Waals surface area contributed by atoms with E-state index in [1.165, 1.54) is 5.56 Å². The Labute approximate surface area is 92.3 Å². The first-order valence-corrected chi connectivity index (χ1v) is 5.45. The SMILES string of the molecule is CC(C)c1ccnc(N(C)C(C)CN)c1. The lowest BCUT2D eigenvalue weighted by molar-refractivity contribution is 0.686. The second-order valence-electron chi connectivity index (χ2n) is 4.30. The molecule has 0 saturated heterocycles. The van der Waals surface area contributed by atoms with E-state index in [2.05, 4.69) is 42.8 Å². The summed E-state index contributed by atoms with van der Waals surface area (Å²) in [6.45, 7) is 7.12. The summed E-state index contributed by atoms with van der Waals surface area (Å²) in [5.41, 5.74) is 6.95. The summed E-state index contributed by atoms with van der Waals surface area (Å²) in [7, 11) is 2.03. The summed E-state index contributed by atoms with van der Waals surface area (Å²) in [6.07, 6.45) is 1.87. The molecule has 0 fully saturated rings. The largest absolute Gasteiger partial charge is 0.356 e. The molecular formula is C12H21N3. The monoisotopic (exact) mass is 207 g/mol. The molecule has 0 amide bonds. The molecule has 1 aromatic heterocycles. The van der Waals surface area contributed by atoms with Gasteiger partial charge >= 0.3 is 0 Å². The fraction of sp³-hybridized carbons (Fsp3) is 0.583. The van der Waals surface area contributed by atoms with Crippen molar-refractivity contribution >= 4 is 5.82 Å². The van der Waals surface area contributed by atoms with Crippen molar-refractivity contribution in [3.8, 4) is 0 Å². The van der Waals surface area contributed by atoms with Crippen molar-refractivity contribution < 1.29 is 0 Å². The number of hydrogen-bond donors (Lipinski definition) is 1. The summed E-state index contributed by atoms with van der Waals surface area (Å²) in [5, 5.41) is 0. The predicted molar refractivity (Wildman–Crippen MR) is 65.2 cm³/mol. The number of rotatable bonds is 4. The average Bonchev–Trinajstić information content (AvgIpc) is 2.27. The summed E-state index contributed by atoms with van der Waals surface area (Å²) < 4.78 is 0. The molecule has 0 aliphatic carbocycles. The third kappa shape index (κ3) is 2.93. The highest BCUT2D eigenvalue weighted by Crippen LogP contribution is 2.19. The van der Waals surface area contributed by atoms with E-state index in [4.69, 9.17) is 5.73 Å². The summed E-state index contributed by atoms with van der Waals surface area (Å²) in [6, 6.07) is 4.52. The number of pyridine rings is 1. The Kier molecular flexibility index (Phi) is 4.09. The first-order valence-electron chi connectivity index (χ1n) is 5.45. The van der Waals surface area contributed by atoms with Gasteiger partial charge < -0.3 is 10.6 Å². The molecular weight excluding hydrogens is 186 g/mol. The van der Waals surface area contributed by atoms with Crippen molar-refractivity contribution in [3.63, 3.8) is 0 Å². The van der Waals surface area contributed by atoms with Gasteiger partial charge in [0.15, 0.2) is 0 Å². The fourth-order valence-corrected chi connectivity index (χ4v) is 1.37. The van der Waals surface area contributed by atoms with Crippen LogP contribution in [0.2, 0.25) is 0 Å². The Hall–Kier alpha value is -1.09. The van der Waals surface area contributed by atoms with Gasteiger partial charge in [0, 0.05) is 25.8 Å². The van der Waals surface area contributed by atoms with Gasteiger partial charge in [-0.1, -0.05) is 13.8 Å². The molecule has 0 aliphatic rings. The molecule has 1 heterocycles. The van der Waals surface area contributed by atoms with Crippen molar-refractivity contribution in [1.82, 2.24) is 4.98 Å². The van der Waals surface area contributed by atoms with Crippen molar-refractivity contribution in [1.29, 1.82) is 0 Å². The predicted octanol–water partition coefficient (Wildman–Crippen LogP) is 1.99. The molecule has 84 valence electrons. The maximum absolute atomic E-state index is 5.64. The second-order valence-corrected chi connectivity index (χ2v) is 4.30. The van der Waals surface area contributed by atoms with Crippen LogP contribution in [0, 0.1) is 0 Å². The van der Waals surface area contributed by atoms with Crippen LogP contribution < -0.4 is 10.6 Å². The van der Waals surface area contributed by atoms with Gasteiger partial charge in [-0.15, -0.1) is 0 Å². The molecule has 0 spiro atoms. The smallest absolute Gasteiger partial charge is 0.128 e. The van der Waals surface area contributed by atoms with E-state index in [-0.39, 0.29) is 0 Å². The molecule has 0 aliphatic heterocycles. The summed E-state index contributed by atoms with van der Waals surface area (Å²) in [5.74, 6) is 1.53. The molecule has 3 heteroatoms. The molecule has 0 radical (unpaired) electrons. The Balaban J connectivity index is 2.90. The van der Waals surface area contributed by atoms with Crippen LogP contribution in [0.1, 0.15) is 32.3 Å². The quantitative estimate of drug-likeness (QED) is 0.821. The Morgan fingerprint density at radius 2 is 2.07 bits per heavy atom. The first kappa shape index (κ1) is 12.0. The summed E-state index contributed by atoms with van der Waals surface area (Å²) in [4.78, 5) is 6.48. The minimum Gasteiger partial charge on any atom is -0.356 e. The highest BCUT2D eigenvalue weighted by molar-refractivity contribution is 5.41. The molecule has 1 rings (SSSR count). The number of nitrogens with two attached hydrogens (primary N) is 1. The lowest BCUT2D eigenvalue weighted by Crippen LogP contribution is -2.35. The van der Waals surface area contributed by atoms with E-state index in [0.29, 0.717) is 18.5 Å². The zero-order valence-electron chi connectivity index (χ0n) is 10.1. The van der Waals surface area contributed by atoms with Gasteiger partial charge in [0.2, 0.25) is 0 Å². The van der Waals surface area contributed by atoms with Gasteiger partial charge in [0.05, 0.1) is 0 Å². The van der Waals surface area contributed by atoms with Crippen LogP contribution in [0.4, 0.5) is 5.82 Å². The highest BCUT2D eigenvalue weighted by atomic mass is 15.2. The van der Waals surface area contributed by atoms with E-state index in [0.717, 1.165) is 5.82 Å². The molecule has 1 aromatic rings. The molecule has 1 unspecified atom stereocenters. The van der Waals surface area contributed by atoms with Crippen molar-refractivity contribution in [2.75, 3.05) is 18.5 Å². The van der Waals surface area contributed by atoms with Gasteiger partial charge in [-0.3, -0.25) is 0 Å². The van der Waals surface area contributed by atoms with E-state index in [9.17, 15) is 0 Å². The molecule has 2 N–H and O–H groups in total. The third-order valence-corrected chi connectivity index (χ3v) is 2.80. The van der Waals surface area contributed by atoms with Crippen molar-refractivity contribution in [3.05, 3.63) is 23.9 Å². The fourth-order valence-electron chi connectivity index (χ4n) is 1.37. The van der Waals surface area contributed by atoms with E-state index in [1.807, 2.05) is 13.2 Å². The summed E-state index contributed by atoms with van der Waals surface area (Å²) >= 11 is 0. The van der Waals surface area contributed by atoms with Crippen LogP contribution in [0.5, 0.6) is 0 Å². The Bertz CT molecular complexity index is 309. The standard InChI is InChI=1S/C12H21N3/c1-9(2)11-5-6-14-12(7-11)15(4)10(3)8-13/h5-7,9-10H,8,13H2,1-4H3.